The quantitative estimate of drug-likeness (QED) is 0.417. The highest BCUT2D eigenvalue weighted by atomic mass is 16.2. The van der Waals surface area contributed by atoms with Crippen molar-refractivity contribution in [1.82, 2.24) is 5.32 Å². The number of guanidine groups is 2. The van der Waals surface area contributed by atoms with Gasteiger partial charge in [-0.3, -0.25) is 4.79 Å². The minimum Gasteiger partial charge on any atom is -0.370 e. The molecule has 0 saturated heterocycles. The van der Waals surface area contributed by atoms with Crippen LogP contribution in [0, 0.1) is 0 Å². The van der Waals surface area contributed by atoms with Gasteiger partial charge in [0.05, 0.1) is 11.1 Å². The molecule has 1 heterocycles. The van der Waals surface area contributed by atoms with Gasteiger partial charge in [-0.2, -0.15) is 4.99 Å². The summed E-state index contributed by atoms with van der Waals surface area (Å²) in [6.07, 6.45) is 0. The standard InChI is InChI=1S/C13H18N6O/c1-13(2)9-4-3-8(18-12(16)19-11(14)15)5-7(9)6-17-10(13)20/h3-5H,6H2,1-2H3,(H,17,20)(H6,14,15,16,18,19). The molecule has 1 aromatic rings. The Kier molecular flexibility index (Phi) is 3.35. The first kappa shape index (κ1) is 13.9. The Morgan fingerprint density at radius 3 is 2.65 bits per heavy atom. The molecule has 0 unspecified atom stereocenters. The molecular weight excluding hydrogens is 256 g/mol. The van der Waals surface area contributed by atoms with Gasteiger partial charge in [-0.05, 0) is 37.1 Å². The van der Waals surface area contributed by atoms with Crippen molar-refractivity contribution in [3.05, 3.63) is 29.3 Å². The molecule has 0 fully saturated rings. The maximum Gasteiger partial charge on any atom is 0.230 e. The molecule has 0 atom stereocenters. The molecule has 1 aliphatic rings. The molecule has 0 radical (unpaired) electrons. The van der Waals surface area contributed by atoms with Crippen LogP contribution >= 0.6 is 0 Å². The molecule has 2 rings (SSSR count). The Labute approximate surface area is 117 Å². The Hall–Kier alpha value is -2.57. The maximum absolute atomic E-state index is 11.9. The highest BCUT2D eigenvalue weighted by Gasteiger charge is 2.35. The van der Waals surface area contributed by atoms with E-state index in [2.05, 4.69) is 15.3 Å². The van der Waals surface area contributed by atoms with E-state index in [9.17, 15) is 4.79 Å². The summed E-state index contributed by atoms with van der Waals surface area (Å²) in [5.41, 5.74) is 18.1. The fourth-order valence-corrected chi connectivity index (χ4v) is 2.21. The van der Waals surface area contributed by atoms with E-state index in [1.807, 2.05) is 26.0 Å². The van der Waals surface area contributed by atoms with Gasteiger partial charge in [0.2, 0.25) is 11.9 Å². The SMILES string of the molecule is CC1(C)C(=O)NCc2cc(N=C(N)N=C(N)N)ccc21. The number of hydrogen-bond donors (Lipinski definition) is 4. The lowest BCUT2D eigenvalue weighted by atomic mass is 9.78. The summed E-state index contributed by atoms with van der Waals surface area (Å²) >= 11 is 0. The number of fused-ring (bicyclic) bond motifs is 1. The summed E-state index contributed by atoms with van der Waals surface area (Å²) in [6, 6.07) is 5.54. The first-order valence-corrected chi connectivity index (χ1v) is 6.16. The van der Waals surface area contributed by atoms with E-state index in [4.69, 9.17) is 17.2 Å². The third-order valence-electron chi connectivity index (χ3n) is 3.26. The summed E-state index contributed by atoms with van der Waals surface area (Å²) in [5.74, 6) is -0.136. The van der Waals surface area contributed by atoms with E-state index in [0.29, 0.717) is 12.2 Å². The minimum atomic E-state index is -0.554. The molecule has 1 aliphatic heterocycles. The zero-order valence-corrected chi connectivity index (χ0v) is 11.5. The van der Waals surface area contributed by atoms with Crippen molar-refractivity contribution in [3.63, 3.8) is 0 Å². The summed E-state index contributed by atoms with van der Waals surface area (Å²) in [6.45, 7) is 4.25. The van der Waals surface area contributed by atoms with E-state index in [0.717, 1.165) is 11.1 Å². The van der Waals surface area contributed by atoms with Gasteiger partial charge < -0.3 is 22.5 Å². The Morgan fingerprint density at radius 2 is 2.00 bits per heavy atom. The van der Waals surface area contributed by atoms with Gasteiger partial charge >= 0.3 is 0 Å². The molecule has 106 valence electrons. The average Bonchev–Trinajstić information content (AvgIpc) is 2.33. The predicted molar refractivity (Wildman–Crippen MR) is 78.4 cm³/mol. The fraction of sp³-hybridized carbons (Fsp3) is 0.308. The van der Waals surface area contributed by atoms with Crippen molar-refractivity contribution in [3.8, 4) is 0 Å². The fourth-order valence-electron chi connectivity index (χ4n) is 2.21. The largest absolute Gasteiger partial charge is 0.370 e. The topological polar surface area (TPSA) is 132 Å². The van der Waals surface area contributed by atoms with Crippen molar-refractivity contribution in [2.24, 2.45) is 27.2 Å². The average molecular weight is 274 g/mol. The van der Waals surface area contributed by atoms with E-state index < -0.39 is 5.41 Å². The Bertz CT molecular complexity index is 613. The van der Waals surface area contributed by atoms with Gasteiger partial charge in [-0.25, -0.2) is 4.99 Å². The van der Waals surface area contributed by atoms with Crippen LogP contribution < -0.4 is 22.5 Å². The Morgan fingerprint density at radius 1 is 1.30 bits per heavy atom. The summed E-state index contributed by atoms with van der Waals surface area (Å²) < 4.78 is 0. The van der Waals surface area contributed by atoms with Crippen LogP contribution in [-0.4, -0.2) is 17.8 Å². The highest BCUT2D eigenvalue weighted by Crippen LogP contribution is 2.32. The normalized spacial score (nSPS) is 17.1. The molecule has 0 bridgehead atoms. The second kappa shape index (κ2) is 4.84. The van der Waals surface area contributed by atoms with Crippen LogP contribution in [0.1, 0.15) is 25.0 Å². The second-order valence-electron chi connectivity index (χ2n) is 5.16. The number of hydrogen-bond acceptors (Lipinski definition) is 2. The summed E-state index contributed by atoms with van der Waals surface area (Å²) in [4.78, 5) is 19.6. The molecule has 0 aliphatic carbocycles. The number of amides is 1. The number of carbonyl (C=O) groups excluding carboxylic acids is 1. The van der Waals surface area contributed by atoms with Gasteiger partial charge in [0.15, 0.2) is 5.96 Å². The van der Waals surface area contributed by atoms with E-state index in [1.54, 1.807) is 6.07 Å². The minimum absolute atomic E-state index is 0.0101. The molecule has 0 spiro atoms. The smallest absolute Gasteiger partial charge is 0.230 e. The van der Waals surface area contributed by atoms with E-state index in [-0.39, 0.29) is 17.8 Å². The zero-order valence-electron chi connectivity index (χ0n) is 11.5. The van der Waals surface area contributed by atoms with Gasteiger partial charge in [-0.1, -0.05) is 6.07 Å². The van der Waals surface area contributed by atoms with Crippen LogP contribution in [0.4, 0.5) is 5.69 Å². The van der Waals surface area contributed by atoms with Crippen LogP contribution in [-0.2, 0) is 16.8 Å². The van der Waals surface area contributed by atoms with Crippen LogP contribution in [0.3, 0.4) is 0 Å². The molecule has 20 heavy (non-hydrogen) atoms. The van der Waals surface area contributed by atoms with Crippen LogP contribution in [0.2, 0.25) is 0 Å². The molecule has 0 saturated carbocycles. The van der Waals surface area contributed by atoms with Crippen molar-refractivity contribution in [2.75, 3.05) is 0 Å². The molecule has 7 nitrogen and oxygen atoms in total. The van der Waals surface area contributed by atoms with Gasteiger partial charge in [0.1, 0.15) is 0 Å². The molecule has 0 aromatic heterocycles. The number of nitrogens with zero attached hydrogens (tertiary/aromatic N) is 2. The number of rotatable bonds is 1. The van der Waals surface area contributed by atoms with Crippen LogP contribution in [0.25, 0.3) is 0 Å². The first-order chi connectivity index (χ1) is 9.30. The molecular formula is C13H18N6O. The highest BCUT2D eigenvalue weighted by molar-refractivity contribution is 5.94. The Balaban J connectivity index is 2.39. The lowest BCUT2D eigenvalue weighted by Gasteiger charge is -2.31. The molecule has 7 heteroatoms. The van der Waals surface area contributed by atoms with Crippen LogP contribution in [0.15, 0.2) is 28.2 Å². The van der Waals surface area contributed by atoms with Crippen molar-refractivity contribution in [2.45, 2.75) is 25.8 Å². The van der Waals surface area contributed by atoms with Gasteiger partial charge in [0.25, 0.3) is 0 Å². The number of nitrogens with two attached hydrogens (primary N) is 3. The maximum atomic E-state index is 11.9. The first-order valence-electron chi connectivity index (χ1n) is 6.16. The zero-order chi connectivity index (χ0) is 14.9. The van der Waals surface area contributed by atoms with E-state index >= 15 is 0 Å². The molecule has 1 aromatic carbocycles. The lowest BCUT2D eigenvalue weighted by Crippen LogP contribution is -2.44. The monoisotopic (exact) mass is 274 g/mol. The van der Waals surface area contributed by atoms with E-state index in [1.165, 1.54) is 0 Å². The van der Waals surface area contributed by atoms with Crippen LogP contribution in [0.5, 0.6) is 0 Å². The van der Waals surface area contributed by atoms with Gasteiger partial charge in [0, 0.05) is 6.54 Å². The second-order valence-corrected chi connectivity index (χ2v) is 5.16. The molecule has 1 amide bonds. The summed E-state index contributed by atoms with van der Waals surface area (Å²) in [7, 11) is 0. The van der Waals surface area contributed by atoms with Crippen molar-refractivity contribution in [1.29, 1.82) is 0 Å². The van der Waals surface area contributed by atoms with Crippen molar-refractivity contribution < 1.29 is 4.79 Å². The number of carbonyl (C=O) groups is 1. The number of aliphatic imine (C=N–C) groups is 2. The third-order valence-corrected chi connectivity index (χ3v) is 3.26. The van der Waals surface area contributed by atoms with Crippen molar-refractivity contribution >= 4 is 23.5 Å². The summed E-state index contributed by atoms with van der Waals surface area (Å²) in [5, 5.41) is 2.86. The predicted octanol–water partition coefficient (Wildman–Crippen LogP) is -0.186. The lowest BCUT2D eigenvalue weighted by molar-refractivity contribution is -0.126. The number of benzene rings is 1. The number of nitrogens with one attached hydrogen (secondary N) is 1. The third kappa shape index (κ3) is 2.56. The van der Waals surface area contributed by atoms with Gasteiger partial charge in [-0.15, -0.1) is 0 Å². The molecule has 7 N–H and O–H groups in total.